The fourth-order valence-corrected chi connectivity index (χ4v) is 5.05. The molecule has 0 aliphatic carbocycles. The lowest BCUT2D eigenvalue weighted by Gasteiger charge is -2.22. The summed E-state index contributed by atoms with van der Waals surface area (Å²) in [5.74, 6) is 0.140. The van der Waals surface area contributed by atoms with E-state index in [1.807, 2.05) is 61.5 Å². The first-order valence-corrected chi connectivity index (χ1v) is 12.1. The Morgan fingerprint density at radius 2 is 1.86 bits per heavy atom. The molecule has 1 unspecified atom stereocenters. The maximum absolute atomic E-state index is 14.1. The molecule has 0 amide bonds. The van der Waals surface area contributed by atoms with Crippen LogP contribution in [0.3, 0.4) is 0 Å². The van der Waals surface area contributed by atoms with Gasteiger partial charge in [0.05, 0.1) is 23.1 Å². The zero-order valence-corrected chi connectivity index (χ0v) is 19.9. The van der Waals surface area contributed by atoms with Crippen LogP contribution < -0.4 is 10.9 Å². The highest BCUT2D eigenvalue weighted by molar-refractivity contribution is 7.16. The Morgan fingerprint density at radius 1 is 1.00 bits per heavy atom. The van der Waals surface area contributed by atoms with Gasteiger partial charge >= 0.3 is 0 Å². The molecule has 0 spiro atoms. The second-order valence-corrected chi connectivity index (χ2v) is 9.13. The molecule has 0 aliphatic heterocycles. The second-order valence-electron chi connectivity index (χ2n) is 8.30. The van der Waals surface area contributed by atoms with Crippen LogP contribution in [-0.2, 0) is 0 Å². The summed E-state index contributed by atoms with van der Waals surface area (Å²) >= 11 is 1.44. The molecule has 1 atom stereocenters. The van der Waals surface area contributed by atoms with Gasteiger partial charge in [-0.3, -0.25) is 14.3 Å². The largest absolute Gasteiger partial charge is 0.360 e. The summed E-state index contributed by atoms with van der Waals surface area (Å²) < 4.78 is 15.7. The van der Waals surface area contributed by atoms with Gasteiger partial charge in [-0.15, -0.1) is 11.3 Å². The molecular formula is C27H19FN6OS. The number of halogens is 1. The van der Waals surface area contributed by atoms with E-state index in [4.69, 9.17) is 0 Å². The van der Waals surface area contributed by atoms with Gasteiger partial charge in [-0.25, -0.2) is 19.3 Å². The lowest BCUT2D eigenvalue weighted by Crippen LogP contribution is -2.26. The van der Waals surface area contributed by atoms with Gasteiger partial charge in [-0.1, -0.05) is 36.4 Å². The highest BCUT2D eigenvalue weighted by atomic mass is 32.1. The van der Waals surface area contributed by atoms with Crippen molar-refractivity contribution in [3.63, 3.8) is 0 Å². The molecule has 7 nitrogen and oxygen atoms in total. The highest BCUT2D eigenvalue weighted by Crippen LogP contribution is 2.31. The van der Waals surface area contributed by atoms with E-state index >= 15 is 0 Å². The monoisotopic (exact) mass is 494 g/mol. The first-order chi connectivity index (χ1) is 17.6. The molecule has 4 aromatic heterocycles. The molecule has 36 heavy (non-hydrogen) atoms. The minimum absolute atomic E-state index is 0.205. The van der Waals surface area contributed by atoms with Gasteiger partial charge in [-0.2, -0.15) is 0 Å². The van der Waals surface area contributed by atoms with Crippen molar-refractivity contribution in [2.75, 3.05) is 5.32 Å². The molecule has 0 radical (unpaired) electrons. The van der Waals surface area contributed by atoms with Crippen LogP contribution in [0.25, 0.3) is 37.9 Å². The van der Waals surface area contributed by atoms with E-state index < -0.39 is 5.82 Å². The number of para-hydroxylation sites is 1. The Bertz CT molecular complexity index is 1780. The number of aromatic nitrogens is 5. The van der Waals surface area contributed by atoms with Crippen molar-refractivity contribution in [3.8, 4) is 16.8 Å². The number of nitrogens with zero attached hydrogens (tertiary/aromatic N) is 5. The quantitative estimate of drug-likeness (QED) is 0.328. The topological polar surface area (TPSA) is 85.6 Å². The van der Waals surface area contributed by atoms with E-state index in [0.717, 1.165) is 27.8 Å². The van der Waals surface area contributed by atoms with Crippen LogP contribution in [0.5, 0.6) is 0 Å². The fraction of sp³-hybridized carbons (Fsp3) is 0.0741. The first kappa shape index (κ1) is 22.0. The standard InChI is InChI=1S/C27H19FN6OS/c1-16(33-25-24-26(31-14-30-25)36-15-32-24)22-11-17-6-5-9-21(18-10-19(28)13-29-12-18)23(17)27(35)34(22)20-7-3-2-4-8-20/h2-16H,1H3,(H,30,31,33). The van der Waals surface area contributed by atoms with Gasteiger partial charge < -0.3 is 5.32 Å². The predicted octanol–water partition coefficient (Wildman–Crippen LogP) is 5.76. The van der Waals surface area contributed by atoms with Gasteiger partial charge in [0.15, 0.2) is 5.82 Å². The Labute approximate surface area is 209 Å². The highest BCUT2D eigenvalue weighted by Gasteiger charge is 2.20. The third-order valence-corrected chi connectivity index (χ3v) is 6.77. The van der Waals surface area contributed by atoms with Crippen molar-refractivity contribution in [1.29, 1.82) is 0 Å². The molecule has 6 rings (SSSR count). The van der Waals surface area contributed by atoms with Crippen molar-refractivity contribution in [2.24, 2.45) is 0 Å². The number of hydrogen-bond donors (Lipinski definition) is 1. The second kappa shape index (κ2) is 8.94. The lowest BCUT2D eigenvalue weighted by atomic mass is 9.99. The molecule has 176 valence electrons. The maximum Gasteiger partial charge on any atom is 0.263 e. The van der Waals surface area contributed by atoms with Crippen LogP contribution in [0.1, 0.15) is 18.7 Å². The minimum Gasteiger partial charge on any atom is -0.360 e. The van der Waals surface area contributed by atoms with E-state index in [2.05, 4.69) is 25.3 Å². The number of fused-ring (bicyclic) bond motifs is 2. The van der Waals surface area contributed by atoms with Crippen molar-refractivity contribution in [2.45, 2.75) is 13.0 Å². The Kier molecular flexibility index (Phi) is 5.46. The predicted molar refractivity (Wildman–Crippen MR) is 140 cm³/mol. The van der Waals surface area contributed by atoms with Crippen molar-refractivity contribution < 1.29 is 4.39 Å². The molecule has 4 heterocycles. The van der Waals surface area contributed by atoms with Crippen molar-refractivity contribution in [1.82, 2.24) is 24.5 Å². The fourth-order valence-electron chi connectivity index (χ4n) is 4.42. The average Bonchev–Trinajstić information content (AvgIpc) is 3.39. The zero-order chi connectivity index (χ0) is 24.6. The molecule has 0 fully saturated rings. The molecule has 0 bridgehead atoms. The smallest absolute Gasteiger partial charge is 0.263 e. The van der Waals surface area contributed by atoms with Crippen LogP contribution in [0.4, 0.5) is 10.2 Å². The summed E-state index contributed by atoms with van der Waals surface area (Å²) in [5.41, 5.74) is 4.85. The molecule has 0 saturated heterocycles. The molecule has 9 heteroatoms. The SMILES string of the molecule is CC(Nc1ncnc2scnc12)c1cc2cccc(-c3cncc(F)c3)c2c(=O)n1-c1ccccc1. The number of nitrogens with one attached hydrogen (secondary N) is 1. The van der Waals surface area contributed by atoms with Gasteiger partial charge in [0.1, 0.15) is 22.5 Å². The van der Waals surface area contributed by atoms with Crippen LogP contribution in [-0.4, -0.2) is 24.5 Å². The number of thiazole rings is 1. The number of pyridine rings is 2. The first-order valence-electron chi connectivity index (χ1n) is 11.3. The number of rotatable bonds is 5. The van der Waals surface area contributed by atoms with Crippen LogP contribution in [0, 0.1) is 5.82 Å². The van der Waals surface area contributed by atoms with E-state index in [1.54, 1.807) is 16.3 Å². The number of hydrogen-bond acceptors (Lipinski definition) is 7. The van der Waals surface area contributed by atoms with Crippen molar-refractivity contribution in [3.05, 3.63) is 107 Å². The Balaban J connectivity index is 1.58. The van der Waals surface area contributed by atoms with Crippen LogP contribution in [0.2, 0.25) is 0 Å². The summed E-state index contributed by atoms with van der Waals surface area (Å²) in [7, 11) is 0. The summed E-state index contributed by atoms with van der Waals surface area (Å²) in [4.78, 5) is 31.9. The zero-order valence-electron chi connectivity index (χ0n) is 19.1. The van der Waals surface area contributed by atoms with Crippen molar-refractivity contribution >= 4 is 38.3 Å². The number of anilines is 1. The van der Waals surface area contributed by atoms with Gasteiger partial charge in [0.25, 0.3) is 5.56 Å². The summed E-state index contributed by atoms with van der Waals surface area (Å²) in [6.07, 6.45) is 4.21. The lowest BCUT2D eigenvalue weighted by molar-refractivity contribution is 0.622. The molecule has 0 aliphatic rings. The van der Waals surface area contributed by atoms with Crippen LogP contribution in [0.15, 0.2) is 89.7 Å². The van der Waals surface area contributed by atoms with E-state index in [0.29, 0.717) is 27.8 Å². The Hall–Kier alpha value is -4.50. The molecule has 6 aromatic rings. The summed E-state index contributed by atoms with van der Waals surface area (Å²) in [5, 5.41) is 4.66. The summed E-state index contributed by atoms with van der Waals surface area (Å²) in [6.45, 7) is 1.97. The molecule has 2 aromatic carbocycles. The van der Waals surface area contributed by atoms with E-state index in [1.165, 1.54) is 23.7 Å². The van der Waals surface area contributed by atoms with Gasteiger partial charge in [0, 0.05) is 23.1 Å². The normalized spacial score (nSPS) is 12.2. The third kappa shape index (κ3) is 3.79. The van der Waals surface area contributed by atoms with Crippen LogP contribution >= 0.6 is 11.3 Å². The number of benzene rings is 2. The summed E-state index contributed by atoms with van der Waals surface area (Å²) in [6, 6.07) is 18.1. The molecule has 1 N–H and O–H groups in total. The van der Waals surface area contributed by atoms with Gasteiger partial charge in [-0.05, 0) is 42.1 Å². The van der Waals surface area contributed by atoms with E-state index in [9.17, 15) is 9.18 Å². The maximum atomic E-state index is 14.1. The van der Waals surface area contributed by atoms with E-state index in [-0.39, 0.29) is 11.6 Å². The average molecular weight is 495 g/mol. The molecule has 0 saturated carbocycles. The Morgan fingerprint density at radius 3 is 2.69 bits per heavy atom. The minimum atomic E-state index is -0.458. The molecular weight excluding hydrogens is 475 g/mol. The third-order valence-electron chi connectivity index (χ3n) is 6.04. The van der Waals surface area contributed by atoms with Gasteiger partial charge in [0.2, 0.25) is 0 Å².